The molecule has 0 rings (SSSR count). The average molecular weight is 235 g/mol. The fourth-order valence-electron chi connectivity index (χ4n) is 0.262. The summed E-state index contributed by atoms with van der Waals surface area (Å²) in [6.45, 7) is 1.65. The molecular weight excluding hydrogens is 223 g/mol. The van der Waals surface area contributed by atoms with E-state index in [0.29, 0.717) is 5.33 Å². The van der Waals surface area contributed by atoms with Crippen molar-refractivity contribution >= 4 is 35.7 Å². The second-order valence-electron chi connectivity index (χ2n) is 1.43. The third-order valence-electron chi connectivity index (χ3n) is 0.828. The van der Waals surface area contributed by atoms with Crippen LogP contribution in [0.3, 0.4) is 0 Å². The first-order valence-electron chi connectivity index (χ1n) is 2.39. The van der Waals surface area contributed by atoms with Gasteiger partial charge in [-0.2, -0.15) is 9.90 Å². The van der Waals surface area contributed by atoms with E-state index in [9.17, 15) is 8.42 Å². The molecule has 0 aromatic carbocycles. The molecule has 0 aromatic rings. The van der Waals surface area contributed by atoms with Crippen LogP contribution in [0, 0.1) is 0 Å². The largest absolute Gasteiger partial charge is 0.229 e. The lowest BCUT2D eigenvalue weighted by Crippen LogP contribution is -2.08. The lowest BCUT2D eigenvalue weighted by atomic mass is 11.0. The SMILES string of the molecule is CCS(=O)(=O)CCBr.P. The summed E-state index contributed by atoms with van der Waals surface area (Å²) in [5.41, 5.74) is 0. The van der Waals surface area contributed by atoms with Crippen LogP contribution in [0.15, 0.2) is 0 Å². The van der Waals surface area contributed by atoms with Gasteiger partial charge in [-0.1, -0.05) is 22.9 Å². The normalized spacial score (nSPS) is 10.4. The Morgan fingerprint density at radius 2 is 1.89 bits per heavy atom. The van der Waals surface area contributed by atoms with Gasteiger partial charge in [0.2, 0.25) is 0 Å². The van der Waals surface area contributed by atoms with Crippen LogP contribution in [-0.2, 0) is 9.84 Å². The van der Waals surface area contributed by atoms with E-state index >= 15 is 0 Å². The van der Waals surface area contributed by atoms with Gasteiger partial charge in [-0.15, -0.1) is 0 Å². The van der Waals surface area contributed by atoms with Crippen LogP contribution in [0.25, 0.3) is 0 Å². The van der Waals surface area contributed by atoms with Crippen molar-refractivity contribution in [1.82, 2.24) is 0 Å². The fourth-order valence-corrected chi connectivity index (χ4v) is 2.27. The maximum atomic E-state index is 10.6. The molecule has 0 saturated heterocycles. The van der Waals surface area contributed by atoms with E-state index in [2.05, 4.69) is 15.9 Å². The third kappa shape index (κ3) is 6.75. The Hall–Kier alpha value is 0.860. The molecule has 0 amide bonds. The second kappa shape index (κ2) is 5.63. The van der Waals surface area contributed by atoms with Gasteiger partial charge < -0.3 is 0 Å². The van der Waals surface area contributed by atoms with Crippen LogP contribution in [-0.4, -0.2) is 25.3 Å². The van der Waals surface area contributed by atoms with Crippen molar-refractivity contribution in [2.24, 2.45) is 0 Å². The fraction of sp³-hybridized carbons (Fsp3) is 1.00. The molecule has 0 aliphatic rings. The molecule has 0 N–H and O–H groups in total. The Morgan fingerprint density at radius 1 is 1.44 bits per heavy atom. The van der Waals surface area contributed by atoms with Gasteiger partial charge in [0, 0.05) is 11.1 Å². The van der Waals surface area contributed by atoms with E-state index in [1.165, 1.54) is 0 Å². The second-order valence-corrected chi connectivity index (χ2v) is 4.69. The molecule has 0 aliphatic heterocycles. The van der Waals surface area contributed by atoms with E-state index in [1.54, 1.807) is 6.92 Å². The number of halogens is 1. The zero-order valence-corrected chi connectivity index (χ0v) is 9.25. The van der Waals surface area contributed by atoms with Gasteiger partial charge in [-0.3, -0.25) is 0 Å². The summed E-state index contributed by atoms with van der Waals surface area (Å²) in [6, 6.07) is 0. The summed E-state index contributed by atoms with van der Waals surface area (Å²) in [7, 11) is -2.72. The highest BCUT2D eigenvalue weighted by Gasteiger charge is 2.03. The maximum absolute atomic E-state index is 10.6. The number of alkyl halides is 1. The van der Waals surface area contributed by atoms with Gasteiger partial charge in [-0.05, 0) is 0 Å². The summed E-state index contributed by atoms with van der Waals surface area (Å²) >= 11 is 3.05. The molecule has 0 aliphatic carbocycles. The van der Waals surface area contributed by atoms with E-state index in [-0.39, 0.29) is 21.4 Å². The number of hydrogen-bond donors (Lipinski definition) is 0. The topological polar surface area (TPSA) is 34.1 Å². The van der Waals surface area contributed by atoms with E-state index in [1.807, 2.05) is 0 Å². The zero-order valence-electron chi connectivity index (χ0n) is 5.43. The van der Waals surface area contributed by atoms with Crippen LogP contribution in [0.2, 0.25) is 0 Å². The summed E-state index contributed by atoms with van der Waals surface area (Å²) in [4.78, 5) is 0. The molecule has 0 bridgehead atoms. The lowest BCUT2D eigenvalue weighted by molar-refractivity contribution is 0.599. The highest BCUT2D eigenvalue weighted by molar-refractivity contribution is 9.09. The highest BCUT2D eigenvalue weighted by Crippen LogP contribution is 1.91. The van der Waals surface area contributed by atoms with Gasteiger partial charge in [0.1, 0.15) is 0 Å². The Balaban J connectivity index is 0. The van der Waals surface area contributed by atoms with Crippen molar-refractivity contribution < 1.29 is 8.42 Å². The highest BCUT2D eigenvalue weighted by atomic mass is 79.9. The Bertz CT molecular complexity index is 143. The quantitative estimate of drug-likeness (QED) is 0.537. The van der Waals surface area contributed by atoms with Crippen molar-refractivity contribution in [3.8, 4) is 0 Å². The molecular formula is C4H12BrO2PS. The van der Waals surface area contributed by atoms with Crippen LogP contribution in [0.4, 0.5) is 0 Å². The van der Waals surface area contributed by atoms with Crippen molar-refractivity contribution in [3.05, 3.63) is 0 Å². The van der Waals surface area contributed by atoms with Gasteiger partial charge in [0.05, 0.1) is 5.75 Å². The van der Waals surface area contributed by atoms with Crippen LogP contribution in [0.1, 0.15) is 6.92 Å². The minimum atomic E-state index is -2.72. The van der Waals surface area contributed by atoms with Gasteiger partial charge >= 0.3 is 0 Å². The molecule has 2 nitrogen and oxygen atoms in total. The number of sulfone groups is 1. The molecule has 5 heteroatoms. The molecule has 0 heterocycles. The van der Waals surface area contributed by atoms with Crippen molar-refractivity contribution in [2.45, 2.75) is 6.92 Å². The van der Waals surface area contributed by atoms with Crippen molar-refractivity contribution in [2.75, 3.05) is 16.8 Å². The number of hydrogen-bond acceptors (Lipinski definition) is 2. The Kier molecular flexibility index (Phi) is 7.84. The molecule has 0 spiro atoms. The molecule has 0 saturated carbocycles. The molecule has 58 valence electrons. The molecule has 1 unspecified atom stereocenters. The lowest BCUT2D eigenvalue weighted by Gasteiger charge is -1.92. The minimum Gasteiger partial charge on any atom is -0.229 e. The zero-order chi connectivity index (χ0) is 6.62. The Morgan fingerprint density at radius 3 is 2.00 bits per heavy atom. The van der Waals surface area contributed by atoms with E-state index < -0.39 is 9.84 Å². The van der Waals surface area contributed by atoms with Crippen LogP contribution < -0.4 is 0 Å². The predicted molar refractivity (Wildman–Crippen MR) is 49.2 cm³/mol. The van der Waals surface area contributed by atoms with Crippen molar-refractivity contribution in [3.63, 3.8) is 0 Å². The van der Waals surface area contributed by atoms with Gasteiger partial charge in [0.25, 0.3) is 0 Å². The van der Waals surface area contributed by atoms with Crippen LogP contribution >= 0.6 is 25.8 Å². The van der Waals surface area contributed by atoms with Crippen LogP contribution in [0.5, 0.6) is 0 Å². The summed E-state index contributed by atoms with van der Waals surface area (Å²) in [5.74, 6) is 0.502. The summed E-state index contributed by atoms with van der Waals surface area (Å²) in [6.07, 6.45) is 0. The van der Waals surface area contributed by atoms with E-state index in [0.717, 1.165) is 0 Å². The standard InChI is InChI=1S/C4H9BrO2S.H3P/c1-2-8(6,7)4-3-5;/h2-4H2,1H3;1H3. The third-order valence-corrected chi connectivity index (χ3v) is 3.46. The van der Waals surface area contributed by atoms with Crippen molar-refractivity contribution in [1.29, 1.82) is 0 Å². The monoisotopic (exact) mass is 234 g/mol. The molecule has 0 radical (unpaired) electrons. The Labute approximate surface area is 68.1 Å². The maximum Gasteiger partial charge on any atom is 0.150 e. The molecule has 1 atom stereocenters. The average Bonchev–Trinajstić information content (AvgIpc) is 1.67. The molecule has 0 aromatic heterocycles. The first-order valence-corrected chi connectivity index (χ1v) is 5.33. The van der Waals surface area contributed by atoms with Gasteiger partial charge in [-0.25, -0.2) is 8.42 Å². The number of rotatable bonds is 3. The first-order chi connectivity index (χ1) is 3.62. The smallest absolute Gasteiger partial charge is 0.150 e. The van der Waals surface area contributed by atoms with E-state index in [4.69, 9.17) is 0 Å². The predicted octanol–water partition coefficient (Wildman–Crippen LogP) is 0.874. The molecule has 0 fully saturated rings. The molecule has 9 heavy (non-hydrogen) atoms. The van der Waals surface area contributed by atoms with Gasteiger partial charge in [0.15, 0.2) is 9.84 Å². The first kappa shape index (κ1) is 12.5. The summed E-state index contributed by atoms with van der Waals surface area (Å²) in [5, 5.41) is 0.545. The summed E-state index contributed by atoms with van der Waals surface area (Å²) < 4.78 is 21.1. The minimum absolute atomic E-state index is 0.